The third kappa shape index (κ3) is 5.27. The first-order chi connectivity index (χ1) is 11.0. The number of benzene rings is 2. The molecule has 2 rings (SSSR count). The van der Waals surface area contributed by atoms with Gasteiger partial charge in [-0.25, -0.2) is 0 Å². The second kappa shape index (κ2) is 8.39. The monoisotopic (exact) mass is 368 g/mol. The number of thioether (sulfide) groups is 1. The lowest BCUT2D eigenvalue weighted by atomic mass is 10.1. The first-order valence-corrected chi connectivity index (χ1v) is 8.64. The molecule has 0 aliphatic heterocycles. The average Bonchev–Trinajstić information content (AvgIpc) is 2.53. The predicted molar refractivity (Wildman–Crippen MR) is 94.6 cm³/mol. The predicted octanol–water partition coefficient (Wildman–Crippen LogP) is 4.95. The summed E-state index contributed by atoms with van der Waals surface area (Å²) in [6.07, 6.45) is -0.0773. The van der Waals surface area contributed by atoms with Crippen LogP contribution in [0.25, 0.3) is 0 Å². The minimum atomic E-state index is -1.01. The molecule has 0 saturated heterocycles. The van der Waals surface area contributed by atoms with Crippen molar-refractivity contribution < 1.29 is 14.7 Å². The number of carbonyl (C=O) groups is 2. The molecule has 2 aromatic rings. The van der Waals surface area contributed by atoms with Crippen molar-refractivity contribution >= 4 is 46.7 Å². The van der Waals surface area contributed by atoms with E-state index in [2.05, 4.69) is 0 Å². The van der Waals surface area contributed by atoms with Gasteiger partial charge in [0, 0.05) is 27.8 Å². The highest BCUT2D eigenvalue weighted by Crippen LogP contribution is 2.26. The minimum absolute atomic E-state index is 0.0773. The van der Waals surface area contributed by atoms with Gasteiger partial charge < -0.3 is 5.11 Å². The standard InChI is InChI=1S/C17H14Cl2O3S/c18-13-7-5-11(6-8-13)15(20)9-16(17(21)22)23-10-12-3-1-2-4-14(12)19/h1-8,16H,9-10H2,(H,21,22). The molecule has 6 heteroatoms. The van der Waals surface area contributed by atoms with E-state index in [1.54, 1.807) is 30.3 Å². The summed E-state index contributed by atoms with van der Waals surface area (Å²) in [5.41, 5.74) is 1.31. The third-order valence-electron chi connectivity index (χ3n) is 3.21. The Morgan fingerprint density at radius 1 is 1.04 bits per heavy atom. The van der Waals surface area contributed by atoms with Crippen molar-refractivity contribution in [3.63, 3.8) is 0 Å². The van der Waals surface area contributed by atoms with Crippen LogP contribution in [0.3, 0.4) is 0 Å². The Balaban J connectivity index is 2.01. The molecule has 0 saturated carbocycles. The molecule has 3 nitrogen and oxygen atoms in total. The molecular weight excluding hydrogens is 355 g/mol. The Morgan fingerprint density at radius 2 is 1.70 bits per heavy atom. The van der Waals surface area contributed by atoms with E-state index >= 15 is 0 Å². The van der Waals surface area contributed by atoms with Crippen LogP contribution in [-0.4, -0.2) is 22.1 Å². The summed E-state index contributed by atoms with van der Waals surface area (Å²) in [6, 6.07) is 13.7. The SMILES string of the molecule is O=C(CC(SCc1ccccc1Cl)C(=O)O)c1ccc(Cl)cc1. The first kappa shape index (κ1) is 17.9. The number of ketones is 1. The number of aliphatic carboxylic acids is 1. The summed E-state index contributed by atoms with van der Waals surface area (Å²) in [7, 11) is 0. The van der Waals surface area contributed by atoms with E-state index in [0.29, 0.717) is 21.4 Å². The molecular formula is C17H14Cl2O3S. The molecule has 0 radical (unpaired) electrons. The van der Waals surface area contributed by atoms with Crippen LogP contribution >= 0.6 is 35.0 Å². The summed E-state index contributed by atoms with van der Waals surface area (Å²) < 4.78 is 0. The van der Waals surface area contributed by atoms with Gasteiger partial charge in [0.1, 0.15) is 5.25 Å². The van der Waals surface area contributed by atoms with Crippen molar-refractivity contribution in [2.75, 3.05) is 0 Å². The van der Waals surface area contributed by atoms with Crippen molar-refractivity contribution in [1.29, 1.82) is 0 Å². The molecule has 0 spiro atoms. The van der Waals surface area contributed by atoms with Crippen molar-refractivity contribution in [1.82, 2.24) is 0 Å². The van der Waals surface area contributed by atoms with E-state index in [0.717, 1.165) is 5.56 Å². The number of hydrogen-bond donors (Lipinski definition) is 1. The fourth-order valence-electron chi connectivity index (χ4n) is 1.95. The largest absolute Gasteiger partial charge is 0.480 e. The highest BCUT2D eigenvalue weighted by atomic mass is 35.5. The molecule has 0 amide bonds. The summed E-state index contributed by atoms with van der Waals surface area (Å²) in [4.78, 5) is 23.6. The number of halogens is 2. The second-order valence-corrected chi connectivity index (χ2v) is 6.90. The number of carboxylic acids is 1. The van der Waals surface area contributed by atoms with Gasteiger partial charge in [-0.1, -0.05) is 41.4 Å². The van der Waals surface area contributed by atoms with Gasteiger partial charge in [0.2, 0.25) is 0 Å². The molecule has 1 N–H and O–H groups in total. The minimum Gasteiger partial charge on any atom is -0.480 e. The fraction of sp³-hybridized carbons (Fsp3) is 0.176. The fourth-order valence-corrected chi connectivity index (χ4v) is 3.40. The highest BCUT2D eigenvalue weighted by Gasteiger charge is 2.23. The molecule has 23 heavy (non-hydrogen) atoms. The molecule has 1 unspecified atom stereocenters. The number of Topliss-reactive ketones (excluding diaryl/α,β-unsaturated/α-hetero) is 1. The highest BCUT2D eigenvalue weighted by molar-refractivity contribution is 7.99. The molecule has 0 heterocycles. The maximum atomic E-state index is 12.2. The summed E-state index contributed by atoms with van der Waals surface area (Å²) >= 11 is 13.0. The van der Waals surface area contributed by atoms with Crippen molar-refractivity contribution in [3.05, 3.63) is 69.7 Å². The number of carbonyl (C=O) groups excluding carboxylic acids is 1. The molecule has 120 valence electrons. The van der Waals surface area contributed by atoms with Crippen LogP contribution in [-0.2, 0) is 10.5 Å². The van der Waals surface area contributed by atoms with Gasteiger partial charge in [-0.15, -0.1) is 11.8 Å². The van der Waals surface area contributed by atoms with Crippen molar-refractivity contribution in [2.45, 2.75) is 17.4 Å². The molecule has 0 fully saturated rings. The van der Waals surface area contributed by atoms with E-state index in [9.17, 15) is 14.7 Å². The first-order valence-electron chi connectivity index (χ1n) is 6.84. The lowest BCUT2D eigenvalue weighted by Gasteiger charge is -2.12. The van der Waals surface area contributed by atoms with Crippen LogP contribution in [0.5, 0.6) is 0 Å². The maximum absolute atomic E-state index is 12.2. The lowest BCUT2D eigenvalue weighted by molar-refractivity contribution is -0.136. The van der Waals surface area contributed by atoms with Crippen molar-refractivity contribution in [2.24, 2.45) is 0 Å². The quantitative estimate of drug-likeness (QED) is 0.702. The van der Waals surface area contributed by atoms with Gasteiger partial charge in [-0.05, 0) is 35.9 Å². The van der Waals surface area contributed by atoms with Gasteiger partial charge in [-0.3, -0.25) is 9.59 Å². The van der Waals surface area contributed by atoms with Crippen LogP contribution in [0.4, 0.5) is 0 Å². The second-order valence-electron chi connectivity index (χ2n) is 4.86. The Labute approximate surface area is 148 Å². The summed E-state index contributed by atoms with van der Waals surface area (Å²) in [5, 5.41) is 9.63. The van der Waals surface area contributed by atoms with E-state index in [1.165, 1.54) is 11.8 Å². The maximum Gasteiger partial charge on any atom is 0.317 e. The average molecular weight is 369 g/mol. The molecule has 0 aliphatic carbocycles. The molecule has 1 atom stereocenters. The van der Waals surface area contributed by atoms with E-state index in [1.807, 2.05) is 18.2 Å². The van der Waals surface area contributed by atoms with Crippen molar-refractivity contribution in [3.8, 4) is 0 Å². The molecule has 2 aromatic carbocycles. The van der Waals surface area contributed by atoms with Crippen LogP contribution in [0.1, 0.15) is 22.3 Å². The molecule has 0 aromatic heterocycles. The van der Waals surface area contributed by atoms with Gasteiger partial charge in [-0.2, -0.15) is 0 Å². The van der Waals surface area contributed by atoms with Gasteiger partial charge in [0.25, 0.3) is 0 Å². The van der Waals surface area contributed by atoms with E-state index in [4.69, 9.17) is 23.2 Å². The van der Waals surface area contributed by atoms with Crippen LogP contribution in [0, 0.1) is 0 Å². The zero-order valence-electron chi connectivity index (χ0n) is 12.0. The Bertz CT molecular complexity index is 701. The zero-order valence-corrected chi connectivity index (χ0v) is 14.4. The topological polar surface area (TPSA) is 54.4 Å². The van der Waals surface area contributed by atoms with Gasteiger partial charge in [0.15, 0.2) is 5.78 Å². The van der Waals surface area contributed by atoms with E-state index < -0.39 is 11.2 Å². The lowest BCUT2D eigenvalue weighted by Crippen LogP contribution is -2.21. The summed E-state index contributed by atoms with van der Waals surface area (Å²) in [6.45, 7) is 0. The smallest absolute Gasteiger partial charge is 0.317 e. The Hall–Kier alpha value is -1.49. The van der Waals surface area contributed by atoms with Gasteiger partial charge >= 0.3 is 5.97 Å². The third-order valence-corrected chi connectivity index (χ3v) is 5.08. The number of carboxylic acid groups (broad SMARTS) is 1. The molecule has 0 aliphatic rings. The molecule has 0 bridgehead atoms. The Kier molecular flexibility index (Phi) is 6.51. The van der Waals surface area contributed by atoms with Crippen LogP contribution < -0.4 is 0 Å². The Morgan fingerprint density at radius 3 is 2.30 bits per heavy atom. The summed E-state index contributed by atoms with van der Waals surface area (Å²) in [5.74, 6) is -0.796. The number of hydrogen-bond acceptors (Lipinski definition) is 3. The zero-order chi connectivity index (χ0) is 16.8. The van der Waals surface area contributed by atoms with E-state index in [-0.39, 0.29) is 12.2 Å². The van der Waals surface area contributed by atoms with Gasteiger partial charge in [0.05, 0.1) is 0 Å². The van der Waals surface area contributed by atoms with Crippen LogP contribution in [0.2, 0.25) is 10.0 Å². The van der Waals surface area contributed by atoms with Crippen LogP contribution in [0.15, 0.2) is 48.5 Å². The normalized spacial score (nSPS) is 11.9. The number of rotatable bonds is 7.